The van der Waals surface area contributed by atoms with Crippen LogP contribution in [0.15, 0.2) is 22.8 Å². The van der Waals surface area contributed by atoms with Crippen LogP contribution in [0.2, 0.25) is 15.1 Å². The Hall–Kier alpha value is -1.50. The molecule has 0 radical (unpaired) electrons. The standard InChI is InChI=1S/C13H4BrCl3N4/c14-6-1-2-9(20-5-6)21-13-8(4-19)11(16)10(15)7(3-18)12(13)17/h1-2,5H,(H,20,21). The Kier molecular flexibility index (Phi) is 4.92. The molecule has 0 bridgehead atoms. The van der Waals surface area contributed by atoms with Crippen LogP contribution in [-0.2, 0) is 0 Å². The molecule has 0 aliphatic carbocycles. The van der Waals surface area contributed by atoms with Crippen molar-refractivity contribution in [3.8, 4) is 12.1 Å². The van der Waals surface area contributed by atoms with Gasteiger partial charge >= 0.3 is 0 Å². The van der Waals surface area contributed by atoms with Gasteiger partial charge in [0.2, 0.25) is 0 Å². The van der Waals surface area contributed by atoms with Crippen molar-refractivity contribution in [2.45, 2.75) is 0 Å². The number of nitrogens with zero attached hydrogens (tertiary/aromatic N) is 3. The highest BCUT2D eigenvalue weighted by Gasteiger charge is 2.21. The molecule has 0 unspecified atom stereocenters. The van der Waals surface area contributed by atoms with E-state index in [1.54, 1.807) is 18.3 Å². The van der Waals surface area contributed by atoms with Crippen LogP contribution in [0.1, 0.15) is 11.1 Å². The number of nitrogens with one attached hydrogen (secondary N) is 1. The van der Waals surface area contributed by atoms with E-state index in [2.05, 4.69) is 26.2 Å². The fourth-order valence-corrected chi connectivity index (χ4v) is 2.58. The summed E-state index contributed by atoms with van der Waals surface area (Å²) in [6.45, 7) is 0. The number of rotatable bonds is 2. The first-order chi connectivity index (χ1) is 9.99. The maximum Gasteiger partial charge on any atom is 0.130 e. The number of aromatic nitrogens is 1. The molecule has 104 valence electrons. The lowest BCUT2D eigenvalue weighted by atomic mass is 10.1. The summed E-state index contributed by atoms with van der Waals surface area (Å²) in [4.78, 5) is 4.11. The minimum absolute atomic E-state index is 0.00180. The summed E-state index contributed by atoms with van der Waals surface area (Å²) in [6.07, 6.45) is 1.57. The first-order valence-electron chi connectivity index (χ1n) is 5.38. The van der Waals surface area contributed by atoms with Crippen LogP contribution in [-0.4, -0.2) is 4.98 Å². The SMILES string of the molecule is N#Cc1c(Cl)c(Cl)c(C#N)c(Nc2ccc(Br)cn2)c1Cl. The smallest absolute Gasteiger partial charge is 0.130 e. The van der Waals surface area contributed by atoms with E-state index in [1.807, 2.05) is 12.1 Å². The summed E-state index contributed by atoms with van der Waals surface area (Å²) < 4.78 is 0.798. The van der Waals surface area contributed by atoms with Crippen molar-refractivity contribution in [3.63, 3.8) is 0 Å². The Morgan fingerprint density at radius 1 is 1.00 bits per heavy atom. The molecule has 8 heteroatoms. The second-order valence-electron chi connectivity index (χ2n) is 3.78. The minimum atomic E-state index is -0.0463. The maximum absolute atomic E-state index is 9.23. The Labute approximate surface area is 144 Å². The molecule has 0 aliphatic rings. The quantitative estimate of drug-likeness (QED) is 0.693. The average molecular weight is 402 g/mol. The van der Waals surface area contributed by atoms with Gasteiger partial charge in [-0.1, -0.05) is 34.8 Å². The highest BCUT2D eigenvalue weighted by molar-refractivity contribution is 9.10. The van der Waals surface area contributed by atoms with Crippen molar-refractivity contribution < 1.29 is 0 Å². The highest BCUT2D eigenvalue weighted by Crippen LogP contribution is 2.41. The molecule has 1 heterocycles. The lowest BCUT2D eigenvalue weighted by molar-refractivity contribution is 1.29. The van der Waals surface area contributed by atoms with Crippen molar-refractivity contribution in [1.29, 1.82) is 10.5 Å². The average Bonchev–Trinajstić information content (AvgIpc) is 2.48. The first-order valence-corrected chi connectivity index (χ1v) is 7.31. The number of hydrogen-bond donors (Lipinski definition) is 1. The van der Waals surface area contributed by atoms with Gasteiger partial charge in [-0.15, -0.1) is 0 Å². The molecule has 1 N–H and O–H groups in total. The Bertz CT molecular complexity index is 791. The van der Waals surface area contributed by atoms with Gasteiger partial charge < -0.3 is 5.32 Å². The number of halogens is 4. The molecule has 1 aromatic carbocycles. The van der Waals surface area contributed by atoms with Crippen LogP contribution >= 0.6 is 50.7 Å². The molecular formula is C13H4BrCl3N4. The number of benzene rings is 1. The van der Waals surface area contributed by atoms with Crippen LogP contribution in [0.3, 0.4) is 0 Å². The van der Waals surface area contributed by atoms with E-state index in [0.29, 0.717) is 5.82 Å². The fourth-order valence-electron chi connectivity index (χ4n) is 1.56. The number of anilines is 2. The summed E-state index contributed by atoms with van der Waals surface area (Å²) in [5.74, 6) is 0.443. The van der Waals surface area contributed by atoms with E-state index < -0.39 is 0 Å². The number of pyridine rings is 1. The van der Waals surface area contributed by atoms with Crippen LogP contribution < -0.4 is 5.32 Å². The number of nitriles is 2. The Balaban J connectivity index is 2.63. The van der Waals surface area contributed by atoms with Gasteiger partial charge in [-0.3, -0.25) is 0 Å². The molecule has 0 saturated heterocycles. The Morgan fingerprint density at radius 3 is 2.14 bits per heavy atom. The van der Waals surface area contributed by atoms with Gasteiger partial charge in [0.25, 0.3) is 0 Å². The van der Waals surface area contributed by atoms with Crippen molar-refractivity contribution in [1.82, 2.24) is 4.98 Å². The normalized spacial score (nSPS) is 9.81. The van der Waals surface area contributed by atoms with E-state index in [9.17, 15) is 5.26 Å². The number of hydrogen-bond acceptors (Lipinski definition) is 4. The van der Waals surface area contributed by atoms with E-state index in [0.717, 1.165) is 4.47 Å². The summed E-state index contributed by atoms with van der Waals surface area (Å²) in [6, 6.07) is 7.22. The molecule has 21 heavy (non-hydrogen) atoms. The van der Waals surface area contributed by atoms with Crippen molar-refractivity contribution >= 4 is 62.2 Å². The van der Waals surface area contributed by atoms with Crippen LogP contribution in [0.25, 0.3) is 0 Å². The monoisotopic (exact) mass is 400 g/mol. The maximum atomic E-state index is 9.23. The van der Waals surface area contributed by atoms with Crippen LogP contribution in [0.4, 0.5) is 11.5 Å². The molecule has 2 rings (SSSR count). The molecule has 0 spiro atoms. The zero-order chi connectivity index (χ0) is 15.6. The van der Waals surface area contributed by atoms with Crippen molar-refractivity contribution in [2.75, 3.05) is 5.32 Å². The van der Waals surface area contributed by atoms with Crippen molar-refractivity contribution in [3.05, 3.63) is 49.0 Å². The van der Waals surface area contributed by atoms with E-state index in [-0.39, 0.29) is 31.9 Å². The highest BCUT2D eigenvalue weighted by atomic mass is 79.9. The molecule has 1 aromatic heterocycles. The minimum Gasteiger partial charge on any atom is -0.338 e. The third kappa shape index (κ3) is 3.07. The second kappa shape index (κ2) is 6.51. The van der Waals surface area contributed by atoms with Gasteiger partial charge in [-0.25, -0.2) is 4.98 Å². The van der Waals surface area contributed by atoms with E-state index in [4.69, 9.17) is 40.1 Å². The Morgan fingerprint density at radius 2 is 1.62 bits per heavy atom. The molecule has 0 amide bonds. The predicted octanol–water partition coefficient (Wildman–Crippen LogP) is 5.29. The molecule has 2 aromatic rings. The van der Waals surface area contributed by atoms with Crippen molar-refractivity contribution in [2.24, 2.45) is 0 Å². The summed E-state index contributed by atoms with van der Waals surface area (Å²) in [7, 11) is 0. The lowest BCUT2D eigenvalue weighted by Crippen LogP contribution is -2.00. The summed E-state index contributed by atoms with van der Waals surface area (Å²) in [5.41, 5.74) is 0.247. The van der Waals surface area contributed by atoms with E-state index in [1.165, 1.54) is 0 Å². The summed E-state index contributed by atoms with van der Waals surface area (Å²) in [5, 5.41) is 21.2. The van der Waals surface area contributed by atoms with Crippen LogP contribution in [0, 0.1) is 22.7 Å². The molecule has 0 atom stereocenters. The van der Waals surface area contributed by atoms with Gasteiger partial charge in [0, 0.05) is 10.7 Å². The summed E-state index contributed by atoms with van der Waals surface area (Å²) >= 11 is 21.4. The zero-order valence-corrected chi connectivity index (χ0v) is 13.9. The van der Waals surface area contributed by atoms with Gasteiger partial charge in [-0.05, 0) is 28.1 Å². The van der Waals surface area contributed by atoms with E-state index >= 15 is 0 Å². The molecule has 0 aliphatic heterocycles. The molecule has 0 fully saturated rings. The predicted molar refractivity (Wildman–Crippen MR) is 86.1 cm³/mol. The zero-order valence-electron chi connectivity index (χ0n) is 10.1. The lowest BCUT2D eigenvalue weighted by Gasteiger charge is -2.13. The molecule has 0 saturated carbocycles. The third-order valence-corrected chi connectivity index (χ3v) is 4.22. The first kappa shape index (κ1) is 15.9. The van der Waals surface area contributed by atoms with Gasteiger partial charge in [-0.2, -0.15) is 10.5 Å². The van der Waals surface area contributed by atoms with Crippen LogP contribution in [0.5, 0.6) is 0 Å². The largest absolute Gasteiger partial charge is 0.338 e. The van der Waals surface area contributed by atoms with Gasteiger partial charge in [0.15, 0.2) is 0 Å². The molecular weight excluding hydrogens is 398 g/mol. The second-order valence-corrected chi connectivity index (χ2v) is 5.83. The van der Waals surface area contributed by atoms with Gasteiger partial charge in [0.05, 0.1) is 31.9 Å². The third-order valence-electron chi connectivity index (χ3n) is 2.52. The van der Waals surface area contributed by atoms with Gasteiger partial charge in [0.1, 0.15) is 18.0 Å². The molecule has 4 nitrogen and oxygen atoms in total. The fraction of sp³-hybridized carbons (Fsp3) is 0. The topological polar surface area (TPSA) is 72.5 Å².